The highest BCUT2D eigenvalue weighted by atomic mass is 79.9. The molecule has 1 unspecified atom stereocenters. The maximum Gasteiger partial charge on any atom is 0.245 e. The van der Waals surface area contributed by atoms with Crippen LogP contribution in [0.2, 0.25) is 0 Å². The number of hydrogen-bond acceptors (Lipinski definition) is 4. The van der Waals surface area contributed by atoms with E-state index in [1.807, 2.05) is 6.92 Å². The fourth-order valence-corrected chi connectivity index (χ4v) is 5.74. The molecule has 0 saturated carbocycles. The third-order valence-electron chi connectivity index (χ3n) is 2.95. The van der Waals surface area contributed by atoms with Crippen LogP contribution in [0.15, 0.2) is 14.7 Å². The summed E-state index contributed by atoms with van der Waals surface area (Å²) in [5.74, 6) is 0.437. The Hall–Kier alpha value is 0.0500. The van der Waals surface area contributed by atoms with Crippen LogP contribution in [0.1, 0.15) is 32.1 Å². The number of halogens is 1. The maximum atomic E-state index is 12.5. The predicted molar refractivity (Wildman–Crippen MR) is 81.8 cm³/mol. The van der Waals surface area contributed by atoms with Gasteiger partial charge in [-0.05, 0) is 41.3 Å². The van der Waals surface area contributed by atoms with Crippen molar-refractivity contribution in [3.8, 4) is 0 Å². The first-order chi connectivity index (χ1) is 8.70. The van der Waals surface area contributed by atoms with E-state index >= 15 is 0 Å². The molecule has 0 aliphatic rings. The standard InChI is InChI=1S/C12H20BrNO3S2/c1-8(2)5-9(3)14(4)19(16,17)11-6-10(7-15)18-12(11)13/h6,8-9,15H,5,7H2,1-4H3. The van der Waals surface area contributed by atoms with Crippen LogP contribution < -0.4 is 0 Å². The number of hydrogen-bond donors (Lipinski definition) is 1. The molecule has 0 spiro atoms. The van der Waals surface area contributed by atoms with Crippen molar-refractivity contribution in [2.45, 2.75) is 44.7 Å². The van der Waals surface area contributed by atoms with E-state index in [9.17, 15) is 8.42 Å². The number of sulfonamides is 1. The molecule has 1 heterocycles. The zero-order chi connectivity index (χ0) is 14.8. The lowest BCUT2D eigenvalue weighted by Gasteiger charge is -2.25. The van der Waals surface area contributed by atoms with Gasteiger partial charge >= 0.3 is 0 Å². The molecule has 0 radical (unpaired) electrons. The van der Waals surface area contributed by atoms with E-state index in [0.29, 0.717) is 14.6 Å². The highest BCUT2D eigenvalue weighted by molar-refractivity contribution is 9.11. The summed E-state index contributed by atoms with van der Waals surface area (Å²) in [6, 6.07) is 1.47. The molecule has 7 heteroatoms. The Morgan fingerprint density at radius 3 is 2.42 bits per heavy atom. The highest BCUT2D eigenvalue weighted by Gasteiger charge is 2.29. The average molecular weight is 370 g/mol. The van der Waals surface area contributed by atoms with Gasteiger partial charge in [0.25, 0.3) is 0 Å². The van der Waals surface area contributed by atoms with E-state index in [1.165, 1.54) is 21.7 Å². The average Bonchev–Trinajstić information content (AvgIpc) is 2.69. The molecule has 0 fully saturated rings. The monoisotopic (exact) mass is 369 g/mol. The maximum absolute atomic E-state index is 12.5. The SMILES string of the molecule is CC(C)CC(C)N(C)S(=O)(=O)c1cc(CO)sc1Br. The van der Waals surface area contributed by atoms with Crippen molar-refractivity contribution >= 4 is 37.3 Å². The molecule has 110 valence electrons. The van der Waals surface area contributed by atoms with Crippen LogP contribution in [0.25, 0.3) is 0 Å². The van der Waals surface area contributed by atoms with Crippen molar-refractivity contribution in [3.63, 3.8) is 0 Å². The second-order valence-electron chi connectivity index (χ2n) is 5.01. The van der Waals surface area contributed by atoms with Gasteiger partial charge in [0, 0.05) is 18.0 Å². The molecule has 1 N–H and O–H groups in total. The highest BCUT2D eigenvalue weighted by Crippen LogP contribution is 2.34. The largest absolute Gasteiger partial charge is 0.391 e. The molecule has 0 saturated heterocycles. The summed E-state index contributed by atoms with van der Waals surface area (Å²) in [5, 5.41) is 9.09. The van der Waals surface area contributed by atoms with E-state index in [0.717, 1.165) is 6.42 Å². The van der Waals surface area contributed by atoms with Gasteiger partial charge in [-0.15, -0.1) is 11.3 Å². The normalized spacial score (nSPS) is 14.3. The van der Waals surface area contributed by atoms with Gasteiger partial charge in [-0.25, -0.2) is 8.42 Å². The van der Waals surface area contributed by atoms with Crippen LogP contribution in [-0.4, -0.2) is 30.9 Å². The smallest absolute Gasteiger partial charge is 0.245 e. The van der Waals surface area contributed by atoms with Crippen molar-refractivity contribution in [2.24, 2.45) is 5.92 Å². The molecule has 1 atom stereocenters. The zero-order valence-electron chi connectivity index (χ0n) is 11.6. The summed E-state index contributed by atoms with van der Waals surface area (Å²) in [4.78, 5) is 0.870. The summed E-state index contributed by atoms with van der Waals surface area (Å²) in [6.07, 6.45) is 0.810. The number of aliphatic hydroxyl groups is 1. The molecule has 1 aromatic heterocycles. The number of aliphatic hydroxyl groups excluding tert-OH is 1. The lowest BCUT2D eigenvalue weighted by Crippen LogP contribution is -2.35. The second-order valence-corrected chi connectivity index (χ2v) is 9.43. The number of rotatable bonds is 6. The predicted octanol–water partition coefficient (Wildman–Crippen LogP) is 3.06. The summed E-state index contributed by atoms with van der Waals surface area (Å²) in [7, 11) is -1.92. The van der Waals surface area contributed by atoms with Gasteiger partial charge < -0.3 is 5.11 Å². The van der Waals surface area contributed by atoms with Crippen molar-refractivity contribution < 1.29 is 13.5 Å². The van der Waals surface area contributed by atoms with Gasteiger partial charge in [0.15, 0.2) is 0 Å². The van der Waals surface area contributed by atoms with E-state index in [4.69, 9.17) is 5.11 Å². The molecule has 4 nitrogen and oxygen atoms in total. The van der Waals surface area contributed by atoms with E-state index < -0.39 is 10.0 Å². The molecule has 1 aromatic rings. The van der Waals surface area contributed by atoms with Crippen molar-refractivity contribution in [2.75, 3.05) is 7.05 Å². The molecular weight excluding hydrogens is 350 g/mol. The summed E-state index contributed by atoms with van der Waals surface area (Å²) < 4.78 is 27.0. The Morgan fingerprint density at radius 1 is 1.42 bits per heavy atom. The van der Waals surface area contributed by atoms with Gasteiger partial charge in [0.2, 0.25) is 10.0 Å². The van der Waals surface area contributed by atoms with Crippen LogP contribution >= 0.6 is 27.3 Å². The molecule has 0 amide bonds. The third-order valence-corrected chi connectivity index (χ3v) is 7.16. The van der Waals surface area contributed by atoms with Gasteiger partial charge in [0.05, 0.1) is 10.4 Å². The Bertz CT molecular complexity index is 525. The van der Waals surface area contributed by atoms with E-state index in [2.05, 4.69) is 29.8 Å². The first-order valence-electron chi connectivity index (χ1n) is 6.07. The van der Waals surface area contributed by atoms with Crippen LogP contribution in [0, 0.1) is 5.92 Å². The van der Waals surface area contributed by atoms with Crippen molar-refractivity contribution in [1.82, 2.24) is 4.31 Å². The van der Waals surface area contributed by atoms with Crippen LogP contribution in [0.4, 0.5) is 0 Å². The van der Waals surface area contributed by atoms with Gasteiger partial charge in [-0.1, -0.05) is 13.8 Å². The second kappa shape index (κ2) is 6.67. The summed E-state index contributed by atoms with van der Waals surface area (Å²) in [6.45, 7) is 5.90. The van der Waals surface area contributed by atoms with Gasteiger partial charge in [-0.2, -0.15) is 4.31 Å². The quantitative estimate of drug-likeness (QED) is 0.837. The molecule has 19 heavy (non-hydrogen) atoms. The Balaban J connectivity index is 3.05. The van der Waals surface area contributed by atoms with Crippen LogP contribution in [-0.2, 0) is 16.6 Å². The fourth-order valence-electron chi connectivity index (χ4n) is 1.87. The lowest BCUT2D eigenvalue weighted by molar-refractivity contribution is 0.285. The first-order valence-corrected chi connectivity index (χ1v) is 9.12. The lowest BCUT2D eigenvalue weighted by atomic mass is 10.1. The van der Waals surface area contributed by atoms with Crippen molar-refractivity contribution in [3.05, 3.63) is 14.7 Å². The van der Waals surface area contributed by atoms with Gasteiger partial charge in [-0.3, -0.25) is 0 Å². The van der Waals surface area contributed by atoms with E-state index in [-0.39, 0.29) is 17.5 Å². The van der Waals surface area contributed by atoms with Crippen LogP contribution in [0.5, 0.6) is 0 Å². The van der Waals surface area contributed by atoms with Gasteiger partial charge in [0.1, 0.15) is 4.90 Å². The Morgan fingerprint density at radius 2 is 2.00 bits per heavy atom. The number of thiophene rings is 1. The molecule has 0 aliphatic carbocycles. The van der Waals surface area contributed by atoms with E-state index in [1.54, 1.807) is 7.05 Å². The minimum Gasteiger partial charge on any atom is -0.391 e. The summed E-state index contributed by atoms with van der Waals surface area (Å²) >= 11 is 4.51. The molecule has 1 rings (SSSR count). The number of nitrogens with zero attached hydrogens (tertiary/aromatic N) is 1. The Kier molecular flexibility index (Phi) is 6.00. The topological polar surface area (TPSA) is 57.6 Å². The summed E-state index contributed by atoms with van der Waals surface area (Å²) in [5.41, 5.74) is 0. The van der Waals surface area contributed by atoms with Crippen molar-refractivity contribution in [1.29, 1.82) is 0 Å². The third kappa shape index (κ3) is 4.01. The molecule has 0 aromatic carbocycles. The minimum atomic E-state index is -3.52. The minimum absolute atomic E-state index is 0.0608. The molecule has 0 bridgehead atoms. The fraction of sp³-hybridized carbons (Fsp3) is 0.667. The zero-order valence-corrected chi connectivity index (χ0v) is 14.8. The Labute approximate surface area is 127 Å². The molecular formula is C12H20BrNO3S2. The molecule has 0 aliphatic heterocycles. The first kappa shape index (κ1) is 17.1. The van der Waals surface area contributed by atoms with Crippen LogP contribution in [0.3, 0.4) is 0 Å².